The maximum absolute atomic E-state index is 13.2. The van der Waals surface area contributed by atoms with Crippen LogP contribution in [0.5, 0.6) is 5.75 Å². The first-order valence-corrected chi connectivity index (χ1v) is 13.2. The fourth-order valence-electron chi connectivity index (χ4n) is 3.35. The van der Waals surface area contributed by atoms with E-state index in [1.54, 1.807) is 12.3 Å². The molecule has 0 radical (unpaired) electrons. The van der Waals surface area contributed by atoms with Crippen LogP contribution in [0.1, 0.15) is 43.1 Å². The van der Waals surface area contributed by atoms with Gasteiger partial charge in [-0.2, -0.15) is 9.78 Å². The Labute approximate surface area is 223 Å². The van der Waals surface area contributed by atoms with Crippen LogP contribution in [0.3, 0.4) is 0 Å². The van der Waals surface area contributed by atoms with Gasteiger partial charge in [0.05, 0.1) is 17.1 Å². The third-order valence-corrected chi connectivity index (χ3v) is 7.22. The van der Waals surface area contributed by atoms with Crippen molar-refractivity contribution in [2.75, 3.05) is 0 Å². The Morgan fingerprint density at radius 1 is 1.03 bits per heavy atom. The van der Waals surface area contributed by atoms with Gasteiger partial charge < -0.3 is 4.74 Å². The van der Waals surface area contributed by atoms with Crippen LogP contribution in [0.4, 0.5) is 0 Å². The number of fused-ring (bicyclic) bond motifs is 1. The standard InChI is InChI=1S/C26H22Br3N3O2/c1-3-16(2)25-31-24-11-8-19(27)12-22(24)26(33)32(25)30-14-17-4-9-21(10-5-17)34-15-18-6-7-20(28)13-23(18)29/h4-14,16H,3,15H2,1-2H3/t16-/m0/s1. The van der Waals surface area contributed by atoms with E-state index in [9.17, 15) is 4.79 Å². The average molecular weight is 648 g/mol. The molecule has 0 aliphatic carbocycles. The molecule has 0 spiro atoms. The van der Waals surface area contributed by atoms with Gasteiger partial charge in [-0.05, 0) is 66.6 Å². The molecule has 34 heavy (non-hydrogen) atoms. The maximum Gasteiger partial charge on any atom is 0.282 e. The van der Waals surface area contributed by atoms with Crippen LogP contribution in [0, 0.1) is 0 Å². The summed E-state index contributed by atoms with van der Waals surface area (Å²) in [6.07, 6.45) is 2.53. The van der Waals surface area contributed by atoms with Crippen molar-refractivity contribution < 1.29 is 4.74 Å². The zero-order valence-electron chi connectivity index (χ0n) is 18.6. The summed E-state index contributed by atoms with van der Waals surface area (Å²) in [6.45, 7) is 4.57. The van der Waals surface area contributed by atoms with Crippen molar-refractivity contribution in [2.45, 2.75) is 32.8 Å². The zero-order valence-corrected chi connectivity index (χ0v) is 23.4. The van der Waals surface area contributed by atoms with Crippen molar-refractivity contribution in [3.63, 3.8) is 0 Å². The molecule has 3 aromatic carbocycles. The highest BCUT2D eigenvalue weighted by Crippen LogP contribution is 2.24. The lowest BCUT2D eigenvalue weighted by molar-refractivity contribution is 0.305. The van der Waals surface area contributed by atoms with E-state index in [1.165, 1.54) is 4.68 Å². The van der Waals surface area contributed by atoms with Crippen molar-refractivity contribution in [1.29, 1.82) is 0 Å². The third-order valence-electron chi connectivity index (χ3n) is 5.50. The van der Waals surface area contributed by atoms with E-state index >= 15 is 0 Å². The van der Waals surface area contributed by atoms with Crippen LogP contribution in [0.2, 0.25) is 0 Å². The van der Waals surface area contributed by atoms with Crippen LogP contribution in [0.15, 0.2) is 84.0 Å². The lowest BCUT2D eigenvalue weighted by Crippen LogP contribution is -2.23. The molecule has 0 unspecified atom stereocenters. The predicted molar refractivity (Wildman–Crippen MR) is 148 cm³/mol. The van der Waals surface area contributed by atoms with Gasteiger partial charge in [0.25, 0.3) is 5.56 Å². The topological polar surface area (TPSA) is 56.5 Å². The lowest BCUT2D eigenvalue weighted by Gasteiger charge is -2.14. The first kappa shape index (κ1) is 24.8. The van der Waals surface area contributed by atoms with Crippen LogP contribution in [-0.4, -0.2) is 15.9 Å². The number of nitrogens with zero attached hydrogens (tertiary/aromatic N) is 3. The van der Waals surface area contributed by atoms with E-state index < -0.39 is 0 Å². The average Bonchev–Trinajstić information content (AvgIpc) is 2.83. The molecule has 174 valence electrons. The Balaban J connectivity index is 1.57. The molecule has 1 aromatic heterocycles. The molecule has 5 nitrogen and oxygen atoms in total. The molecule has 0 aliphatic rings. The SMILES string of the molecule is CC[C@H](C)c1nc2ccc(Br)cc2c(=O)n1N=Cc1ccc(OCc2ccc(Br)cc2Br)cc1. The van der Waals surface area contributed by atoms with Crippen LogP contribution in [-0.2, 0) is 6.61 Å². The summed E-state index contributed by atoms with van der Waals surface area (Å²) in [5.74, 6) is 1.49. The monoisotopic (exact) mass is 645 g/mol. The molecule has 0 saturated carbocycles. The van der Waals surface area contributed by atoms with Gasteiger partial charge in [-0.25, -0.2) is 4.98 Å². The van der Waals surface area contributed by atoms with E-state index in [4.69, 9.17) is 9.72 Å². The Kier molecular flexibility index (Phi) is 8.01. The molecule has 4 aromatic rings. The van der Waals surface area contributed by atoms with Crippen molar-refractivity contribution in [1.82, 2.24) is 9.66 Å². The molecule has 0 fully saturated rings. The first-order valence-electron chi connectivity index (χ1n) is 10.8. The highest BCUT2D eigenvalue weighted by atomic mass is 79.9. The van der Waals surface area contributed by atoms with Crippen molar-refractivity contribution in [3.05, 3.63) is 101 Å². The minimum absolute atomic E-state index is 0.0895. The molecule has 0 amide bonds. The molecule has 4 rings (SSSR count). The van der Waals surface area contributed by atoms with Gasteiger partial charge in [-0.1, -0.05) is 67.7 Å². The normalized spacial score (nSPS) is 12.4. The maximum atomic E-state index is 13.2. The van der Waals surface area contributed by atoms with E-state index in [0.29, 0.717) is 23.3 Å². The number of benzene rings is 3. The highest BCUT2D eigenvalue weighted by Gasteiger charge is 2.15. The molecule has 0 saturated heterocycles. The zero-order chi connectivity index (χ0) is 24.2. The molecule has 0 aliphatic heterocycles. The third kappa shape index (κ3) is 5.67. The summed E-state index contributed by atoms with van der Waals surface area (Å²) in [5, 5.41) is 5.05. The number of aromatic nitrogens is 2. The molecular weight excluding hydrogens is 626 g/mol. The van der Waals surface area contributed by atoms with Crippen LogP contribution < -0.4 is 10.3 Å². The van der Waals surface area contributed by atoms with Crippen molar-refractivity contribution in [2.24, 2.45) is 5.10 Å². The molecule has 1 heterocycles. The largest absolute Gasteiger partial charge is 0.489 e. The molecule has 0 N–H and O–H groups in total. The fraction of sp³-hybridized carbons (Fsp3) is 0.192. The number of rotatable bonds is 7. The summed E-state index contributed by atoms with van der Waals surface area (Å²) in [4.78, 5) is 18.0. The summed E-state index contributed by atoms with van der Waals surface area (Å²) >= 11 is 10.5. The first-order chi connectivity index (χ1) is 16.4. The van der Waals surface area contributed by atoms with Crippen LogP contribution in [0.25, 0.3) is 10.9 Å². The second-order valence-corrected chi connectivity index (χ2v) is 10.6. The van der Waals surface area contributed by atoms with Gasteiger partial charge >= 0.3 is 0 Å². The smallest absolute Gasteiger partial charge is 0.282 e. The minimum atomic E-state index is -0.183. The summed E-state index contributed by atoms with van der Waals surface area (Å²) in [6, 6.07) is 19.1. The molecule has 8 heteroatoms. The predicted octanol–water partition coefficient (Wildman–Crippen LogP) is 7.66. The van der Waals surface area contributed by atoms with Gasteiger partial charge in [-0.15, -0.1) is 0 Å². The number of halogens is 3. The van der Waals surface area contributed by atoms with E-state index in [0.717, 1.165) is 36.7 Å². The Bertz CT molecular complexity index is 1420. The van der Waals surface area contributed by atoms with Crippen molar-refractivity contribution >= 4 is 64.9 Å². The van der Waals surface area contributed by atoms with Gasteiger partial charge in [0.2, 0.25) is 0 Å². The number of hydrogen-bond acceptors (Lipinski definition) is 4. The minimum Gasteiger partial charge on any atom is -0.489 e. The molecular formula is C26H22Br3N3O2. The van der Waals surface area contributed by atoms with E-state index in [2.05, 4.69) is 66.7 Å². The van der Waals surface area contributed by atoms with Gasteiger partial charge in [0.1, 0.15) is 18.2 Å². The Hall–Kier alpha value is -2.29. The lowest BCUT2D eigenvalue weighted by atomic mass is 10.1. The number of ether oxygens (including phenoxy) is 1. The second-order valence-electron chi connectivity index (χ2n) is 7.90. The highest BCUT2D eigenvalue weighted by molar-refractivity contribution is 9.11. The molecule has 1 atom stereocenters. The molecule has 0 bridgehead atoms. The van der Waals surface area contributed by atoms with E-state index in [1.807, 2.05) is 54.6 Å². The Morgan fingerprint density at radius 3 is 2.44 bits per heavy atom. The van der Waals surface area contributed by atoms with Gasteiger partial charge in [0, 0.05) is 24.9 Å². The van der Waals surface area contributed by atoms with Crippen molar-refractivity contribution in [3.8, 4) is 5.75 Å². The summed E-state index contributed by atoms with van der Waals surface area (Å²) < 4.78 is 10.2. The Morgan fingerprint density at radius 2 is 1.74 bits per heavy atom. The van der Waals surface area contributed by atoms with Crippen LogP contribution >= 0.6 is 47.8 Å². The fourth-order valence-corrected chi connectivity index (χ4v) is 4.88. The number of hydrogen-bond donors (Lipinski definition) is 0. The summed E-state index contributed by atoms with van der Waals surface area (Å²) in [5.41, 5.74) is 2.40. The van der Waals surface area contributed by atoms with Gasteiger partial charge in [-0.3, -0.25) is 4.79 Å². The second kappa shape index (κ2) is 11.0. The van der Waals surface area contributed by atoms with Gasteiger partial charge in [0.15, 0.2) is 0 Å². The van der Waals surface area contributed by atoms with E-state index in [-0.39, 0.29) is 11.5 Å². The quantitative estimate of drug-likeness (QED) is 0.194. The summed E-state index contributed by atoms with van der Waals surface area (Å²) in [7, 11) is 0.